The summed E-state index contributed by atoms with van der Waals surface area (Å²) in [5, 5.41) is 0. The van der Waals surface area contributed by atoms with E-state index in [0.29, 0.717) is 6.04 Å². The molecule has 3 N–H and O–H groups in total. The number of nitrogen functional groups attached to an aromatic ring is 1. The van der Waals surface area contributed by atoms with Crippen molar-refractivity contribution in [1.82, 2.24) is 9.80 Å². The molecule has 0 radical (unpaired) electrons. The Labute approximate surface area is 119 Å². The van der Waals surface area contributed by atoms with Crippen LogP contribution in [0.2, 0.25) is 0 Å². The number of likely N-dealkylation sites (tertiary alicyclic amines) is 2. The number of carbonyl (C=O) groups is 1. The van der Waals surface area contributed by atoms with E-state index in [4.69, 9.17) is 5.84 Å². The smallest absolute Gasteiger partial charge is 0.253 e. The minimum absolute atomic E-state index is 0.135. The monoisotopic (exact) mass is 274 g/mol. The van der Waals surface area contributed by atoms with Crippen LogP contribution in [0.15, 0.2) is 24.3 Å². The highest BCUT2D eigenvalue weighted by molar-refractivity contribution is 5.94. The van der Waals surface area contributed by atoms with Gasteiger partial charge >= 0.3 is 0 Å². The van der Waals surface area contributed by atoms with Gasteiger partial charge in [0.25, 0.3) is 5.91 Å². The van der Waals surface area contributed by atoms with Gasteiger partial charge in [0.15, 0.2) is 0 Å². The van der Waals surface area contributed by atoms with Crippen molar-refractivity contribution in [3.05, 3.63) is 29.8 Å². The van der Waals surface area contributed by atoms with E-state index in [1.54, 1.807) is 0 Å². The van der Waals surface area contributed by atoms with Gasteiger partial charge in [-0.3, -0.25) is 15.5 Å². The maximum absolute atomic E-state index is 12.5. The molecule has 1 unspecified atom stereocenters. The van der Waals surface area contributed by atoms with E-state index in [1.165, 1.54) is 25.9 Å². The number of hydrogen-bond donors (Lipinski definition) is 2. The molecule has 2 saturated heterocycles. The number of hydrazine groups is 1. The molecule has 0 aliphatic carbocycles. The average molecular weight is 274 g/mol. The number of rotatable bonds is 3. The summed E-state index contributed by atoms with van der Waals surface area (Å²) in [4.78, 5) is 17.0. The van der Waals surface area contributed by atoms with E-state index in [9.17, 15) is 4.79 Å². The first-order valence-electron chi connectivity index (χ1n) is 7.38. The summed E-state index contributed by atoms with van der Waals surface area (Å²) in [5.41, 5.74) is 4.13. The third-order valence-electron chi connectivity index (χ3n) is 4.41. The number of nitrogens with two attached hydrogens (primary N) is 1. The standard InChI is InChI=1S/C15H22N4O/c16-17-13-5-3-12(4-6-13)15(20)19-10-7-14(11-19)18-8-1-2-9-18/h3-6,14,17H,1-2,7-11,16H2. The molecule has 1 aromatic carbocycles. The van der Waals surface area contributed by atoms with Gasteiger partial charge in [-0.15, -0.1) is 0 Å². The molecule has 0 bridgehead atoms. The minimum atomic E-state index is 0.135. The highest BCUT2D eigenvalue weighted by Crippen LogP contribution is 2.22. The summed E-state index contributed by atoms with van der Waals surface area (Å²) in [7, 11) is 0. The first kappa shape index (κ1) is 13.4. The molecule has 5 nitrogen and oxygen atoms in total. The zero-order valence-corrected chi connectivity index (χ0v) is 11.7. The van der Waals surface area contributed by atoms with Crippen LogP contribution >= 0.6 is 0 Å². The number of nitrogens with zero attached hydrogens (tertiary/aromatic N) is 2. The van der Waals surface area contributed by atoms with Crippen LogP contribution in [0.3, 0.4) is 0 Å². The highest BCUT2D eigenvalue weighted by Gasteiger charge is 2.31. The van der Waals surface area contributed by atoms with Gasteiger partial charge in [0.1, 0.15) is 0 Å². The Kier molecular flexibility index (Phi) is 3.89. The van der Waals surface area contributed by atoms with E-state index >= 15 is 0 Å². The lowest BCUT2D eigenvalue weighted by Gasteiger charge is -2.23. The largest absolute Gasteiger partial charge is 0.337 e. The molecular weight excluding hydrogens is 252 g/mol. The third-order valence-corrected chi connectivity index (χ3v) is 4.41. The molecule has 0 spiro atoms. The van der Waals surface area contributed by atoms with Gasteiger partial charge in [-0.1, -0.05) is 0 Å². The van der Waals surface area contributed by atoms with Crippen molar-refractivity contribution in [2.24, 2.45) is 5.84 Å². The number of anilines is 1. The number of benzene rings is 1. The van der Waals surface area contributed by atoms with Gasteiger partial charge in [-0.05, 0) is 56.6 Å². The molecule has 1 atom stereocenters. The molecular formula is C15H22N4O. The first-order valence-corrected chi connectivity index (χ1v) is 7.38. The summed E-state index contributed by atoms with van der Waals surface area (Å²) in [5.74, 6) is 5.47. The van der Waals surface area contributed by atoms with Gasteiger partial charge < -0.3 is 10.3 Å². The average Bonchev–Trinajstić information content (AvgIpc) is 3.17. The SMILES string of the molecule is NNc1ccc(C(=O)N2CCC(N3CCCC3)C2)cc1. The molecule has 1 amide bonds. The van der Waals surface area contributed by atoms with Crippen molar-refractivity contribution < 1.29 is 4.79 Å². The van der Waals surface area contributed by atoms with E-state index in [2.05, 4.69) is 10.3 Å². The maximum Gasteiger partial charge on any atom is 0.253 e. The number of hydrogen-bond acceptors (Lipinski definition) is 4. The Hall–Kier alpha value is -1.59. The Bertz CT molecular complexity index is 467. The normalized spacial score (nSPS) is 23.2. The van der Waals surface area contributed by atoms with Crippen molar-refractivity contribution in [3.63, 3.8) is 0 Å². The zero-order chi connectivity index (χ0) is 13.9. The van der Waals surface area contributed by atoms with Crippen LogP contribution in [-0.2, 0) is 0 Å². The molecule has 2 aliphatic rings. The molecule has 5 heteroatoms. The zero-order valence-electron chi connectivity index (χ0n) is 11.7. The molecule has 20 heavy (non-hydrogen) atoms. The van der Waals surface area contributed by atoms with Crippen molar-refractivity contribution >= 4 is 11.6 Å². The molecule has 2 heterocycles. The third kappa shape index (κ3) is 2.64. The molecule has 0 saturated carbocycles. The fourth-order valence-electron chi connectivity index (χ4n) is 3.22. The van der Waals surface area contributed by atoms with Crippen LogP contribution in [0.25, 0.3) is 0 Å². The highest BCUT2D eigenvalue weighted by atomic mass is 16.2. The Morgan fingerprint density at radius 1 is 1.15 bits per heavy atom. The van der Waals surface area contributed by atoms with Crippen molar-refractivity contribution in [3.8, 4) is 0 Å². The molecule has 2 aliphatic heterocycles. The first-order chi connectivity index (χ1) is 9.78. The Morgan fingerprint density at radius 3 is 2.50 bits per heavy atom. The van der Waals surface area contributed by atoms with Crippen LogP contribution in [0.4, 0.5) is 5.69 Å². The molecule has 3 rings (SSSR count). The van der Waals surface area contributed by atoms with E-state index in [-0.39, 0.29) is 5.91 Å². The summed E-state index contributed by atoms with van der Waals surface area (Å²) in [6, 6.07) is 7.90. The molecule has 2 fully saturated rings. The van der Waals surface area contributed by atoms with E-state index in [1.807, 2.05) is 29.2 Å². The van der Waals surface area contributed by atoms with E-state index < -0.39 is 0 Å². The number of amides is 1. The quantitative estimate of drug-likeness (QED) is 0.644. The van der Waals surface area contributed by atoms with Crippen LogP contribution in [0.5, 0.6) is 0 Å². The van der Waals surface area contributed by atoms with Crippen LogP contribution < -0.4 is 11.3 Å². The minimum Gasteiger partial charge on any atom is -0.337 e. The number of nitrogens with one attached hydrogen (secondary N) is 1. The Morgan fingerprint density at radius 2 is 1.85 bits per heavy atom. The van der Waals surface area contributed by atoms with Crippen molar-refractivity contribution in [2.75, 3.05) is 31.6 Å². The van der Waals surface area contributed by atoms with Crippen LogP contribution in [0.1, 0.15) is 29.6 Å². The van der Waals surface area contributed by atoms with Gasteiger partial charge in [0.05, 0.1) is 0 Å². The van der Waals surface area contributed by atoms with Crippen LogP contribution in [0, 0.1) is 0 Å². The number of carbonyl (C=O) groups excluding carboxylic acids is 1. The van der Waals surface area contributed by atoms with E-state index in [0.717, 1.165) is 30.8 Å². The fourth-order valence-corrected chi connectivity index (χ4v) is 3.22. The fraction of sp³-hybridized carbons (Fsp3) is 0.533. The second kappa shape index (κ2) is 5.81. The molecule has 1 aromatic rings. The summed E-state index contributed by atoms with van der Waals surface area (Å²) in [6.07, 6.45) is 3.71. The van der Waals surface area contributed by atoms with Gasteiger partial charge in [-0.25, -0.2) is 0 Å². The maximum atomic E-state index is 12.5. The Balaban J connectivity index is 1.62. The van der Waals surface area contributed by atoms with Gasteiger partial charge in [-0.2, -0.15) is 0 Å². The summed E-state index contributed by atoms with van der Waals surface area (Å²) in [6.45, 7) is 4.14. The molecule has 108 valence electrons. The lowest BCUT2D eigenvalue weighted by Crippen LogP contribution is -2.37. The lowest BCUT2D eigenvalue weighted by molar-refractivity contribution is 0.0780. The lowest BCUT2D eigenvalue weighted by atomic mass is 10.2. The second-order valence-corrected chi connectivity index (χ2v) is 5.66. The second-order valence-electron chi connectivity index (χ2n) is 5.66. The van der Waals surface area contributed by atoms with Gasteiger partial charge in [0.2, 0.25) is 0 Å². The topological polar surface area (TPSA) is 61.6 Å². The summed E-state index contributed by atoms with van der Waals surface area (Å²) >= 11 is 0. The predicted octanol–water partition coefficient (Wildman–Crippen LogP) is 1.28. The summed E-state index contributed by atoms with van der Waals surface area (Å²) < 4.78 is 0. The van der Waals surface area contributed by atoms with Crippen molar-refractivity contribution in [2.45, 2.75) is 25.3 Å². The van der Waals surface area contributed by atoms with Crippen molar-refractivity contribution in [1.29, 1.82) is 0 Å². The molecule has 0 aromatic heterocycles. The predicted molar refractivity (Wildman–Crippen MR) is 79.4 cm³/mol. The van der Waals surface area contributed by atoms with Crippen LogP contribution in [-0.4, -0.2) is 47.9 Å². The van der Waals surface area contributed by atoms with Gasteiger partial charge in [0, 0.05) is 30.4 Å².